The third-order valence-electron chi connectivity index (χ3n) is 3.99. The molecule has 0 N–H and O–H groups in total. The van der Waals surface area contributed by atoms with E-state index in [1.807, 2.05) is 36.4 Å². The Morgan fingerprint density at radius 2 is 1.85 bits per heavy atom. The molecule has 2 aromatic rings. The number of amides is 1. The molecule has 0 aromatic heterocycles. The topological polar surface area (TPSA) is 48.0 Å². The Morgan fingerprint density at radius 1 is 1.12 bits per heavy atom. The third kappa shape index (κ3) is 3.15. The van der Waals surface area contributed by atoms with Gasteiger partial charge in [0.05, 0.1) is 17.7 Å². The molecule has 0 unspecified atom stereocenters. The highest BCUT2D eigenvalue weighted by Crippen LogP contribution is 2.38. The van der Waals surface area contributed by atoms with Crippen molar-refractivity contribution in [2.24, 2.45) is 0 Å². The van der Waals surface area contributed by atoms with E-state index in [0.29, 0.717) is 28.2 Å². The van der Waals surface area contributed by atoms with Crippen molar-refractivity contribution < 1.29 is 19.0 Å². The summed E-state index contributed by atoms with van der Waals surface area (Å²) in [6.07, 6.45) is 1.82. The van der Waals surface area contributed by atoms with Crippen LogP contribution in [-0.4, -0.2) is 30.6 Å². The maximum atomic E-state index is 12.8. The van der Waals surface area contributed by atoms with Crippen LogP contribution in [-0.2, 0) is 4.79 Å². The molecule has 0 saturated carbocycles. The molecule has 0 atom stereocenters. The van der Waals surface area contributed by atoms with E-state index in [-0.39, 0.29) is 5.91 Å². The van der Waals surface area contributed by atoms with Gasteiger partial charge in [-0.15, -0.1) is 0 Å². The third-order valence-corrected chi connectivity index (χ3v) is 5.29. The number of carbonyl (C=O) groups excluding carboxylic acids is 1. The van der Waals surface area contributed by atoms with E-state index in [4.69, 9.17) is 26.4 Å². The molecule has 132 valence electrons. The zero-order valence-corrected chi connectivity index (χ0v) is 15.6. The highest BCUT2D eigenvalue weighted by molar-refractivity contribution is 8.27. The van der Waals surface area contributed by atoms with Gasteiger partial charge < -0.3 is 14.2 Å². The highest BCUT2D eigenvalue weighted by Gasteiger charge is 2.33. The molecule has 2 aromatic carbocycles. The number of fused-ring (bicyclic) bond motifs is 1. The number of rotatable bonds is 3. The summed E-state index contributed by atoms with van der Waals surface area (Å²) in [7, 11) is 1.60. The summed E-state index contributed by atoms with van der Waals surface area (Å²) < 4.78 is 16.8. The fourth-order valence-electron chi connectivity index (χ4n) is 2.72. The number of hydrogen-bond donors (Lipinski definition) is 0. The van der Waals surface area contributed by atoms with Crippen LogP contribution in [0, 0.1) is 0 Å². The molecule has 2 aliphatic rings. The Bertz CT molecular complexity index is 908. The van der Waals surface area contributed by atoms with Crippen molar-refractivity contribution in [1.29, 1.82) is 0 Å². The second-order valence-corrected chi connectivity index (χ2v) is 7.29. The van der Waals surface area contributed by atoms with E-state index >= 15 is 0 Å². The van der Waals surface area contributed by atoms with Crippen LogP contribution < -0.4 is 19.1 Å². The second-order valence-electron chi connectivity index (χ2n) is 5.62. The Balaban J connectivity index is 1.61. The van der Waals surface area contributed by atoms with Crippen molar-refractivity contribution in [3.63, 3.8) is 0 Å². The van der Waals surface area contributed by atoms with Crippen LogP contribution in [0.15, 0.2) is 47.4 Å². The number of thioether (sulfide) groups is 1. The molecule has 7 heteroatoms. The molecule has 0 aliphatic carbocycles. The van der Waals surface area contributed by atoms with Gasteiger partial charge in [-0.3, -0.25) is 9.69 Å². The van der Waals surface area contributed by atoms with Gasteiger partial charge in [0.25, 0.3) is 5.91 Å². The fourth-order valence-corrected chi connectivity index (χ4v) is 4.02. The van der Waals surface area contributed by atoms with Crippen LogP contribution in [0.2, 0.25) is 0 Å². The van der Waals surface area contributed by atoms with Crippen LogP contribution in [0.25, 0.3) is 6.08 Å². The van der Waals surface area contributed by atoms with E-state index < -0.39 is 0 Å². The first-order valence-corrected chi connectivity index (χ1v) is 9.20. The summed E-state index contributed by atoms with van der Waals surface area (Å²) in [4.78, 5) is 14.9. The normalized spacial score (nSPS) is 17.7. The number of hydrogen-bond acceptors (Lipinski definition) is 6. The molecule has 1 amide bonds. The second kappa shape index (κ2) is 7.01. The highest BCUT2D eigenvalue weighted by atomic mass is 32.2. The lowest BCUT2D eigenvalue weighted by Crippen LogP contribution is -2.27. The molecule has 26 heavy (non-hydrogen) atoms. The monoisotopic (exact) mass is 385 g/mol. The van der Waals surface area contributed by atoms with Gasteiger partial charge in [-0.2, -0.15) is 0 Å². The standard InChI is InChI=1S/C19H15NO4S2/c1-22-14-5-3-13(4-6-14)20-18(21)17(26-19(20)25)11-12-2-7-15-16(10-12)24-9-8-23-15/h2-7,10-11H,8-9H2,1H3/b17-11-. The lowest BCUT2D eigenvalue weighted by atomic mass is 10.1. The van der Waals surface area contributed by atoms with Gasteiger partial charge >= 0.3 is 0 Å². The van der Waals surface area contributed by atoms with Crippen LogP contribution in [0.4, 0.5) is 5.69 Å². The summed E-state index contributed by atoms with van der Waals surface area (Å²) in [5.74, 6) is 2.00. The molecule has 2 heterocycles. The predicted molar refractivity (Wildman–Crippen MR) is 106 cm³/mol. The van der Waals surface area contributed by atoms with Crippen molar-refractivity contribution >= 4 is 46.0 Å². The quantitative estimate of drug-likeness (QED) is 0.590. The van der Waals surface area contributed by atoms with E-state index in [0.717, 1.165) is 22.7 Å². The zero-order chi connectivity index (χ0) is 18.1. The molecule has 2 aliphatic heterocycles. The maximum Gasteiger partial charge on any atom is 0.270 e. The van der Waals surface area contributed by atoms with Crippen LogP contribution in [0.1, 0.15) is 5.56 Å². The Hall–Kier alpha value is -2.51. The van der Waals surface area contributed by atoms with Crippen LogP contribution in [0.5, 0.6) is 17.2 Å². The summed E-state index contributed by atoms with van der Waals surface area (Å²) >= 11 is 6.69. The Labute approximate surface area is 160 Å². The predicted octanol–water partition coefficient (Wildman–Crippen LogP) is 3.87. The smallest absolute Gasteiger partial charge is 0.270 e. The molecule has 0 bridgehead atoms. The number of thiocarbonyl (C=S) groups is 1. The largest absolute Gasteiger partial charge is 0.497 e. The number of nitrogens with zero attached hydrogens (tertiary/aromatic N) is 1. The Morgan fingerprint density at radius 3 is 2.58 bits per heavy atom. The van der Waals surface area contributed by atoms with Gasteiger partial charge in [0, 0.05) is 0 Å². The first-order chi connectivity index (χ1) is 12.7. The SMILES string of the molecule is COc1ccc(N2C(=O)/C(=C/c3ccc4c(c3)OCCO4)SC2=S)cc1. The number of ether oxygens (including phenoxy) is 3. The van der Waals surface area contributed by atoms with Gasteiger partial charge in [0.1, 0.15) is 19.0 Å². The molecule has 0 radical (unpaired) electrons. The van der Waals surface area contributed by atoms with Crippen molar-refractivity contribution in [3.8, 4) is 17.2 Å². The molecule has 1 saturated heterocycles. The van der Waals surface area contributed by atoms with Gasteiger partial charge in [-0.25, -0.2) is 0 Å². The number of anilines is 1. The molecule has 1 fully saturated rings. The average Bonchev–Trinajstić information content (AvgIpc) is 2.95. The molecule has 4 rings (SSSR count). The maximum absolute atomic E-state index is 12.8. The number of benzene rings is 2. The minimum Gasteiger partial charge on any atom is -0.497 e. The van der Waals surface area contributed by atoms with Gasteiger partial charge in [0.2, 0.25) is 0 Å². The number of carbonyl (C=O) groups is 1. The lowest BCUT2D eigenvalue weighted by Gasteiger charge is -2.18. The Kier molecular flexibility index (Phi) is 4.57. The van der Waals surface area contributed by atoms with Crippen molar-refractivity contribution in [1.82, 2.24) is 0 Å². The minimum absolute atomic E-state index is 0.139. The van der Waals surface area contributed by atoms with Crippen molar-refractivity contribution in [2.45, 2.75) is 0 Å². The molecular weight excluding hydrogens is 370 g/mol. The van der Waals surface area contributed by atoms with E-state index in [1.165, 1.54) is 16.7 Å². The van der Waals surface area contributed by atoms with Crippen molar-refractivity contribution in [3.05, 3.63) is 52.9 Å². The molecular formula is C19H15NO4S2. The van der Waals surface area contributed by atoms with Crippen molar-refractivity contribution in [2.75, 3.05) is 25.2 Å². The van der Waals surface area contributed by atoms with Gasteiger partial charge in [-0.1, -0.05) is 30.0 Å². The minimum atomic E-state index is -0.139. The van der Waals surface area contributed by atoms with Crippen LogP contribution >= 0.6 is 24.0 Å². The lowest BCUT2D eigenvalue weighted by molar-refractivity contribution is -0.113. The van der Waals surface area contributed by atoms with E-state index in [2.05, 4.69) is 0 Å². The molecule has 5 nitrogen and oxygen atoms in total. The van der Waals surface area contributed by atoms with Gasteiger partial charge in [-0.05, 0) is 48.0 Å². The summed E-state index contributed by atoms with van der Waals surface area (Å²) in [6.45, 7) is 1.07. The summed E-state index contributed by atoms with van der Waals surface area (Å²) in [5, 5.41) is 0. The van der Waals surface area contributed by atoms with Crippen LogP contribution in [0.3, 0.4) is 0 Å². The fraction of sp³-hybridized carbons (Fsp3) is 0.158. The molecule has 0 spiro atoms. The van der Waals surface area contributed by atoms with Gasteiger partial charge in [0.15, 0.2) is 15.8 Å². The zero-order valence-electron chi connectivity index (χ0n) is 13.9. The van der Waals surface area contributed by atoms with E-state index in [1.54, 1.807) is 19.2 Å². The first-order valence-electron chi connectivity index (χ1n) is 7.97. The first kappa shape index (κ1) is 16.9. The van der Waals surface area contributed by atoms with E-state index in [9.17, 15) is 4.79 Å². The average molecular weight is 385 g/mol. The summed E-state index contributed by atoms with van der Waals surface area (Å²) in [5.41, 5.74) is 1.59. The summed E-state index contributed by atoms with van der Waals surface area (Å²) in [6, 6.07) is 12.9. The number of methoxy groups -OCH3 is 1.